The molecule has 0 aliphatic heterocycles. The van der Waals surface area contributed by atoms with E-state index in [1.807, 2.05) is 6.07 Å². The van der Waals surface area contributed by atoms with Crippen LogP contribution < -0.4 is 14.2 Å². The first kappa shape index (κ1) is 37.4. The van der Waals surface area contributed by atoms with Gasteiger partial charge in [-0.2, -0.15) is 0 Å². The molecule has 8 heteroatoms. The molecule has 0 aliphatic carbocycles. The molecule has 2 aromatic carbocycles. The Morgan fingerprint density at radius 3 is 1.57 bits per heavy atom. The Kier molecular flexibility index (Phi) is 19.3. The number of carbonyl (C=O) groups excluding carboxylic acids is 1. The van der Waals surface area contributed by atoms with Gasteiger partial charge >= 0.3 is 5.97 Å². The van der Waals surface area contributed by atoms with Gasteiger partial charge in [0.1, 0.15) is 22.8 Å². The van der Waals surface area contributed by atoms with Crippen LogP contribution in [-0.2, 0) is 14.6 Å². The standard InChI is InChI=1S/C36H56O7S/c1-4-5-6-7-8-9-10-11-12-13-14-15-16-17-18-19-27-42-32-23-26-35(34(30-32)36(37)40-2)43-29-20-28-41-31-21-24-33(25-22-31)44(3,38)39/h21-26,30H,4-20,27-29H2,1-3H3. The Hall–Kier alpha value is -2.74. The number of benzene rings is 2. The van der Waals surface area contributed by atoms with E-state index < -0.39 is 15.8 Å². The van der Waals surface area contributed by atoms with Crippen molar-refractivity contribution in [2.45, 2.75) is 121 Å². The highest BCUT2D eigenvalue weighted by Gasteiger charge is 2.15. The summed E-state index contributed by atoms with van der Waals surface area (Å²) in [4.78, 5) is 12.6. The number of ether oxygens (including phenoxy) is 4. The molecular weight excluding hydrogens is 576 g/mol. The Morgan fingerprint density at radius 1 is 0.591 bits per heavy atom. The van der Waals surface area contributed by atoms with Gasteiger partial charge < -0.3 is 18.9 Å². The molecule has 2 aromatic rings. The fraction of sp³-hybridized carbons (Fsp3) is 0.639. The third kappa shape index (κ3) is 16.4. The van der Waals surface area contributed by atoms with Crippen LogP contribution in [0.5, 0.6) is 17.2 Å². The molecule has 0 saturated carbocycles. The van der Waals surface area contributed by atoms with Crippen LogP contribution in [0, 0.1) is 0 Å². The lowest BCUT2D eigenvalue weighted by Gasteiger charge is -2.13. The minimum Gasteiger partial charge on any atom is -0.494 e. The normalized spacial score (nSPS) is 11.3. The highest BCUT2D eigenvalue weighted by molar-refractivity contribution is 7.90. The monoisotopic (exact) mass is 632 g/mol. The second-order valence-electron chi connectivity index (χ2n) is 11.6. The molecule has 0 heterocycles. The summed E-state index contributed by atoms with van der Waals surface area (Å²) in [5, 5.41) is 0. The van der Waals surface area contributed by atoms with E-state index in [2.05, 4.69) is 6.92 Å². The van der Waals surface area contributed by atoms with Crippen LogP contribution in [0.15, 0.2) is 47.4 Å². The molecule has 0 atom stereocenters. The van der Waals surface area contributed by atoms with E-state index >= 15 is 0 Å². The topological polar surface area (TPSA) is 88.1 Å². The first-order valence-electron chi connectivity index (χ1n) is 16.8. The molecule has 0 amide bonds. The molecule has 0 unspecified atom stereocenters. The quantitative estimate of drug-likeness (QED) is 0.0754. The van der Waals surface area contributed by atoms with Crippen molar-refractivity contribution in [1.29, 1.82) is 0 Å². The molecular formula is C36H56O7S. The minimum atomic E-state index is -3.24. The number of unbranched alkanes of at least 4 members (excludes halogenated alkanes) is 15. The summed E-state index contributed by atoms with van der Waals surface area (Å²) in [5.41, 5.74) is 0.328. The summed E-state index contributed by atoms with van der Waals surface area (Å²) in [6.45, 7) is 3.61. The fourth-order valence-electron chi connectivity index (χ4n) is 5.05. The second kappa shape index (κ2) is 22.7. The van der Waals surface area contributed by atoms with E-state index in [0.717, 1.165) is 12.8 Å². The molecule has 44 heavy (non-hydrogen) atoms. The SMILES string of the molecule is CCCCCCCCCCCCCCCCCCOc1ccc(OCCCOc2ccc(S(C)(=O)=O)cc2)c(C(=O)OC)c1. The summed E-state index contributed by atoms with van der Waals surface area (Å²) < 4.78 is 45.5. The van der Waals surface area contributed by atoms with Crippen molar-refractivity contribution in [3.63, 3.8) is 0 Å². The van der Waals surface area contributed by atoms with Gasteiger partial charge in [-0.25, -0.2) is 13.2 Å². The van der Waals surface area contributed by atoms with Crippen LogP contribution in [0.2, 0.25) is 0 Å². The summed E-state index contributed by atoms with van der Waals surface area (Å²) in [6, 6.07) is 11.5. The molecule has 0 N–H and O–H groups in total. The fourth-order valence-corrected chi connectivity index (χ4v) is 5.68. The number of methoxy groups -OCH3 is 1. The molecule has 0 bridgehead atoms. The molecule has 0 saturated heterocycles. The van der Waals surface area contributed by atoms with E-state index in [0.29, 0.717) is 49.1 Å². The van der Waals surface area contributed by atoms with Crippen molar-refractivity contribution in [1.82, 2.24) is 0 Å². The molecule has 0 fully saturated rings. The third-order valence-electron chi connectivity index (χ3n) is 7.69. The number of hydrogen-bond donors (Lipinski definition) is 0. The number of esters is 1. The summed E-state index contributed by atoms with van der Waals surface area (Å²) in [5.74, 6) is 1.16. The van der Waals surface area contributed by atoms with Crippen molar-refractivity contribution in [2.24, 2.45) is 0 Å². The highest BCUT2D eigenvalue weighted by atomic mass is 32.2. The Bertz CT molecular complexity index is 1150. The van der Waals surface area contributed by atoms with Crippen LogP contribution in [0.1, 0.15) is 126 Å². The molecule has 248 valence electrons. The van der Waals surface area contributed by atoms with E-state index in [1.165, 1.54) is 115 Å². The summed E-state index contributed by atoms with van der Waals surface area (Å²) >= 11 is 0. The van der Waals surface area contributed by atoms with Crippen molar-refractivity contribution >= 4 is 15.8 Å². The van der Waals surface area contributed by atoms with Crippen LogP contribution >= 0.6 is 0 Å². The summed E-state index contributed by atoms with van der Waals surface area (Å²) in [7, 11) is -1.89. The van der Waals surface area contributed by atoms with Gasteiger partial charge in [0.25, 0.3) is 0 Å². The second-order valence-corrected chi connectivity index (χ2v) is 13.6. The smallest absolute Gasteiger partial charge is 0.341 e. The third-order valence-corrected chi connectivity index (χ3v) is 8.82. The number of rotatable bonds is 26. The van der Waals surface area contributed by atoms with Crippen molar-refractivity contribution in [3.8, 4) is 17.2 Å². The van der Waals surface area contributed by atoms with Gasteiger partial charge in [-0.1, -0.05) is 103 Å². The van der Waals surface area contributed by atoms with Crippen LogP contribution in [0.25, 0.3) is 0 Å². The zero-order chi connectivity index (χ0) is 31.9. The number of carbonyl (C=O) groups is 1. The van der Waals surface area contributed by atoms with Gasteiger partial charge in [0.05, 0.1) is 31.8 Å². The van der Waals surface area contributed by atoms with E-state index in [-0.39, 0.29) is 4.90 Å². The van der Waals surface area contributed by atoms with Gasteiger partial charge in [0, 0.05) is 12.7 Å². The molecule has 7 nitrogen and oxygen atoms in total. The predicted octanol–water partition coefficient (Wildman–Crippen LogP) is 9.36. The summed E-state index contributed by atoms with van der Waals surface area (Å²) in [6.07, 6.45) is 23.0. The van der Waals surface area contributed by atoms with Gasteiger partial charge in [-0.3, -0.25) is 0 Å². The van der Waals surface area contributed by atoms with E-state index in [1.54, 1.807) is 24.3 Å². The van der Waals surface area contributed by atoms with Crippen molar-refractivity contribution < 1.29 is 32.2 Å². The average Bonchev–Trinajstić information content (AvgIpc) is 3.02. The minimum absolute atomic E-state index is 0.251. The lowest BCUT2D eigenvalue weighted by Crippen LogP contribution is -2.10. The number of hydrogen-bond acceptors (Lipinski definition) is 7. The molecule has 0 aliphatic rings. The first-order valence-corrected chi connectivity index (χ1v) is 18.6. The first-order chi connectivity index (χ1) is 21.3. The Balaban J connectivity index is 1.56. The lowest BCUT2D eigenvalue weighted by atomic mass is 10.0. The maximum atomic E-state index is 12.4. The van der Waals surface area contributed by atoms with Gasteiger partial charge in [-0.15, -0.1) is 0 Å². The lowest BCUT2D eigenvalue weighted by molar-refractivity contribution is 0.0595. The van der Waals surface area contributed by atoms with Crippen LogP contribution in [0.3, 0.4) is 0 Å². The van der Waals surface area contributed by atoms with Gasteiger partial charge in [-0.05, 0) is 48.9 Å². The Labute approximate surface area is 266 Å². The molecule has 2 rings (SSSR count). The zero-order valence-electron chi connectivity index (χ0n) is 27.4. The maximum absolute atomic E-state index is 12.4. The van der Waals surface area contributed by atoms with Crippen molar-refractivity contribution in [2.75, 3.05) is 33.2 Å². The number of sulfone groups is 1. The van der Waals surface area contributed by atoms with Crippen LogP contribution in [0.4, 0.5) is 0 Å². The van der Waals surface area contributed by atoms with E-state index in [9.17, 15) is 13.2 Å². The molecule has 0 radical (unpaired) electrons. The molecule has 0 spiro atoms. The van der Waals surface area contributed by atoms with Crippen molar-refractivity contribution in [3.05, 3.63) is 48.0 Å². The predicted molar refractivity (Wildman–Crippen MR) is 178 cm³/mol. The highest BCUT2D eigenvalue weighted by Crippen LogP contribution is 2.26. The maximum Gasteiger partial charge on any atom is 0.341 e. The molecule has 0 aromatic heterocycles. The van der Waals surface area contributed by atoms with Crippen LogP contribution in [-0.4, -0.2) is 47.6 Å². The van der Waals surface area contributed by atoms with E-state index in [4.69, 9.17) is 18.9 Å². The zero-order valence-corrected chi connectivity index (χ0v) is 28.3. The largest absolute Gasteiger partial charge is 0.494 e. The average molecular weight is 633 g/mol. The Morgan fingerprint density at radius 2 is 1.05 bits per heavy atom. The van der Waals surface area contributed by atoms with Gasteiger partial charge in [0.15, 0.2) is 9.84 Å². The van der Waals surface area contributed by atoms with Gasteiger partial charge in [0.2, 0.25) is 0 Å².